The molecule has 0 radical (unpaired) electrons. The van der Waals surface area contributed by atoms with E-state index in [2.05, 4.69) is 5.32 Å². The molecule has 8 heteroatoms. The standard InChI is InChI=1S/C11H17N3O4S/c12-10(18)8-1-6-19-11(8)13-9(17)7-14(2-4-15)3-5-16/h1,6,15-16H,2-5,7H2,(H2,12,18)(H,13,17). The van der Waals surface area contributed by atoms with E-state index in [0.29, 0.717) is 18.1 Å². The lowest BCUT2D eigenvalue weighted by Crippen LogP contribution is -2.37. The summed E-state index contributed by atoms with van der Waals surface area (Å²) in [6.07, 6.45) is 0. The fourth-order valence-corrected chi connectivity index (χ4v) is 2.33. The Morgan fingerprint density at radius 3 is 2.47 bits per heavy atom. The average Bonchev–Trinajstić information content (AvgIpc) is 2.77. The van der Waals surface area contributed by atoms with Gasteiger partial charge in [-0.05, 0) is 11.4 Å². The van der Waals surface area contributed by atoms with Crippen molar-refractivity contribution < 1.29 is 19.8 Å². The van der Waals surface area contributed by atoms with Gasteiger partial charge in [-0.3, -0.25) is 14.5 Å². The summed E-state index contributed by atoms with van der Waals surface area (Å²) >= 11 is 1.21. The van der Waals surface area contributed by atoms with Crippen molar-refractivity contribution in [3.05, 3.63) is 17.0 Å². The molecule has 0 unspecified atom stereocenters. The Labute approximate surface area is 114 Å². The van der Waals surface area contributed by atoms with Crippen LogP contribution in [0.3, 0.4) is 0 Å². The van der Waals surface area contributed by atoms with Crippen molar-refractivity contribution in [3.8, 4) is 0 Å². The number of nitrogens with one attached hydrogen (secondary N) is 1. The first-order valence-corrected chi connectivity index (χ1v) is 6.57. The monoisotopic (exact) mass is 287 g/mol. The number of aliphatic hydroxyl groups is 2. The van der Waals surface area contributed by atoms with Gasteiger partial charge < -0.3 is 21.3 Å². The number of primary amides is 1. The Balaban J connectivity index is 2.58. The first kappa shape index (κ1) is 15.6. The summed E-state index contributed by atoms with van der Waals surface area (Å²) in [5.74, 6) is -0.925. The smallest absolute Gasteiger partial charge is 0.251 e. The van der Waals surface area contributed by atoms with Crippen LogP contribution in [0, 0.1) is 0 Å². The largest absolute Gasteiger partial charge is 0.395 e. The minimum absolute atomic E-state index is 0.0250. The van der Waals surface area contributed by atoms with E-state index >= 15 is 0 Å². The summed E-state index contributed by atoms with van der Waals surface area (Å²) in [6, 6.07) is 1.54. The molecule has 0 aliphatic rings. The van der Waals surface area contributed by atoms with Crippen LogP contribution in [0.15, 0.2) is 11.4 Å². The van der Waals surface area contributed by atoms with Crippen LogP contribution >= 0.6 is 11.3 Å². The Morgan fingerprint density at radius 1 is 1.32 bits per heavy atom. The van der Waals surface area contributed by atoms with Crippen molar-refractivity contribution in [3.63, 3.8) is 0 Å². The predicted octanol–water partition coefficient (Wildman–Crippen LogP) is -0.928. The van der Waals surface area contributed by atoms with E-state index in [4.69, 9.17) is 15.9 Å². The Kier molecular flexibility index (Phi) is 6.43. The van der Waals surface area contributed by atoms with Gasteiger partial charge >= 0.3 is 0 Å². The molecule has 1 aromatic heterocycles. The van der Waals surface area contributed by atoms with Crippen molar-refractivity contribution >= 4 is 28.2 Å². The predicted molar refractivity (Wildman–Crippen MR) is 72.1 cm³/mol. The normalized spacial score (nSPS) is 10.7. The number of anilines is 1. The van der Waals surface area contributed by atoms with Crippen molar-refractivity contribution in [1.29, 1.82) is 0 Å². The lowest BCUT2D eigenvalue weighted by molar-refractivity contribution is -0.117. The number of rotatable bonds is 8. The number of hydrogen-bond donors (Lipinski definition) is 4. The number of carbonyl (C=O) groups is 2. The molecule has 19 heavy (non-hydrogen) atoms. The fourth-order valence-electron chi connectivity index (χ4n) is 1.52. The number of aliphatic hydroxyl groups excluding tert-OH is 2. The molecule has 0 saturated heterocycles. The zero-order valence-electron chi connectivity index (χ0n) is 10.3. The quantitative estimate of drug-likeness (QED) is 0.493. The fraction of sp³-hybridized carbons (Fsp3) is 0.455. The maximum absolute atomic E-state index is 11.8. The minimum Gasteiger partial charge on any atom is -0.395 e. The first-order chi connectivity index (χ1) is 9.08. The Hall–Kier alpha value is -1.48. The molecule has 106 valence electrons. The number of amides is 2. The van der Waals surface area contributed by atoms with Crippen LogP contribution < -0.4 is 11.1 Å². The number of thiophene rings is 1. The van der Waals surface area contributed by atoms with Crippen LogP contribution in [0.25, 0.3) is 0 Å². The topological polar surface area (TPSA) is 116 Å². The second-order valence-corrected chi connectivity index (χ2v) is 4.72. The van der Waals surface area contributed by atoms with Crippen LogP contribution in [0.4, 0.5) is 5.00 Å². The summed E-state index contributed by atoms with van der Waals surface area (Å²) in [5.41, 5.74) is 5.44. The van der Waals surface area contributed by atoms with Crippen LogP contribution in [0.5, 0.6) is 0 Å². The lowest BCUT2D eigenvalue weighted by atomic mass is 10.3. The SMILES string of the molecule is NC(=O)c1ccsc1NC(=O)CN(CCO)CCO. The van der Waals surface area contributed by atoms with E-state index in [-0.39, 0.29) is 31.2 Å². The molecule has 7 nitrogen and oxygen atoms in total. The van der Waals surface area contributed by atoms with Gasteiger partial charge in [0.25, 0.3) is 5.91 Å². The minimum atomic E-state index is -0.598. The molecule has 0 fully saturated rings. The molecule has 0 aromatic carbocycles. The molecule has 0 saturated carbocycles. The van der Waals surface area contributed by atoms with Gasteiger partial charge in [0.1, 0.15) is 5.00 Å². The van der Waals surface area contributed by atoms with Gasteiger partial charge in [0.2, 0.25) is 5.91 Å². The van der Waals surface area contributed by atoms with Crippen LogP contribution in [0.1, 0.15) is 10.4 Å². The van der Waals surface area contributed by atoms with Crippen molar-refractivity contribution in [1.82, 2.24) is 4.90 Å². The molecule has 5 N–H and O–H groups in total. The van der Waals surface area contributed by atoms with Crippen LogP contribution in [-0.4, -0.2) is 59.8 Å². The third-order valence-corrected chi connectivity index (χ3v) is 3.21. The average molecular weight is 287 g/mol. The van der Waals surface area contributed by atoms with Gasteiger partial charge in [0.05, 0.1) is 25.3 Å². The van der Waals surface area contributed by atoms with Crippen LogP contribution in [-0.2, 0) is 4.79 Å². The summed E-state index contributed by atoms with van der Waals surface area (Å²) < 4.78 is 0. The van der Waals surface area contributed by atoms with Gasteiger partial charge in [-0.25, -0.2) is 0 Å². The van der Waals surface area contributed by atoms with E-state index in [1.54, 1.807) is 16.3 Å². The molecule has 0 atom stereocenters. The number of nitrogens with zero attached hydrogens (tertiary/aromatic N) is 1. The molecule has 1 rings (SSSR count). The highest BCUT2D eigenvalue weighted by molar-refractivity contribution is 7.14. The molecule has 1 heterocycles. The van der Waals surface area contributed by atoms with E-state index < -0.39 is 5.91 Å². The maximum Gasteiger partial charge on any atom is 0.251 e. The van der Waals surface area contributed by atoms with Gasteiger partial charge in [-0.15, -0.1) is 11.3 Å². The molecular weight excluding hydrogens is 270 g/mol. The summed E-state index contributed by atoms with van der Waals surface area (Å²) in [4.78, 5) is 24.5. The van der Waals surface area contributed by atoms with Crippen molar-refractivity contribution in [2.75, 3.05) is 38.2 Å². The summed E-state index contributed by atoms with van der Waals surface area (Å²) in [5, 5.41) is 22.3. The van der Waals surface area contributed by atoms with E-state index in [9.17, 15) is 9.59 Å². The summed E-state index contributed by atoms with van der Waals surface area (Å²) in [7, 11) is 0. The molecular formula is C11H17N3O4S. The van der Waals surface area contributed by atoms with Crippen LogP contribution in [0.2, 0.25) is 0 Å². The summed E-state index contributed by atoms with van der Waals surface area (Å²) in [6.45, 7) is 0.414. The molecule has 0 aliphatic heterocycles. The van der Waals surface area contributed by atoms with E-state index in [1.807, 2.05) is 0 Å². The van der Waals surface area contributed by atoms with Gasteiger partial charge in [-0.2, -0.15) is 0 Å². The Bertz CT molecular complexity index is 429. The highest BCUT2D eigenvalue weighted by Crippen LogP contribution is 2.22. The second kappa shape index (κ2) is 7.85. The molecule has 2 amide bonds. The van der Waals surface area contributed by atoms with E-state index in [0.717, 1.165) is 0 Å². The molecule has 1 aromatic rings. The highest BCUT2D eigenvalue weighted by atomic mass is 32.1. The lowest BCUT2D eigenvalue weighted by Gasteiger charge is -2.19. The number of hydrogen-bond acceptors (Lipinski definition) is 6. The van der Waals surface area contributed by atoms with Crippen molar-refractivity contribution in [2.45, 2.75) is 0 Å². The number of nitrogens with two attached hydrogens (primary N) is 1. The number of carbonyl (C=O) groups excluding carboxylic acids is 2. The second-order valence-electron chi connectivity index (χ2n) is 3.80. The molecule has 0 spiro atoms. The third-order valence-electron chi connectivity index (χ3n) is 2.38. The van der Waals surface area contributed by atoms with Crippen molar-refractivity contribution in [2.24, 2.45) is 5.73 Å². The highest BCUT2D eigenvalue weighted by Gasteiger charge is 2.14. The molecule has 0 aliphatic carbocycles. The van der Waals surface area contributed by atoms with Gasteiger partial charge in [0.15, 0.2) is 0 Å². The maximum atomic E-state index is 11.8. The molecule has 0 bridgehead atoms. The first-order valence-electron chi connectivity index (χ1n) is 5.69. The Morgan fingerprint density at radius 2 is 1.95 bits per heavy atom. The zero-order valence-corrected chi connectivity index (χ0v) is 11.2. The van der Waals surface area contributed by atoms with E-state index in [1.165, 1.54) is 11.3 Å². The zero-order chi connectivity index (χ0) is 14.3. The third kappa shape index (κ3) is 4.95. The van der Waals surface area contributed by atoms with Gasteiger partial charge in [-0.1, -0.05) is 0 Å². The van der Waals surface area contributed by atoms with Gasteiger partial charge in [0, 0.05) is 13.1 Å².